The van der Waals surface area contributed by atoms with Crippen molar-refractivity contribution in [1.82, 2.24) is 9.88 Å². The lowest BCUT2D eigenvalue weighted by atomic mass is 10.00. The highest BCUT2D eigenvalue weighted by Gasteiger charge is 2.37. The van der Waals surface area contributed by atoms with Gasteiger partial charge in [0.15, 0.2) is 0 Å². The Hall–Kier alpha value is -1.37. The van der Waals surface area contributed by atoms with Crippen LogP contribution in [0.2, 0.25) is 0 Å². The van der Waals surface area contributed by atoms with E-state index < -0.39 is 9.84 Å². The Morgan fingerprint density at radius 1 is 1.21 bits per heavy atom. The molecule has 0 amide bonds. The van der Waals surface area contributed by atoms with E-state index in [0.29, 0.717) is 18.5 Å². The van der Waals surface area contributed by atoms with Crippen molar-refractivity contribution < 1.29 is 13.5 Å². The summed E-state index contributed by atoms with van der Waals surface area (Å²) >= 11 is 0. The topological polar surface area (TPSA) is 73.4 Å². The molecule has 0 unspecified atom stereocenters. The number of aromatic amines is 1. The normalized spacial score (nSPS) is 26.4. The van der Waals surface area contributed by atoms with Crippen molar-refractivity contribution in [3.8, 4) is 0 Å². The number of nitrogens with zero attached hydrogens (tertiary/aromatic N) is 1. The summed E-state index contributed by atoms with van der Waals surface area (Å²) < 4.78 is 23.7. The minimum Gasteiger partial charge on any atom is -0.391 e. The number of hydrogen-bond donors (Lipinski definition) is 2. The van der Waals surface area contributed by atoms with Gasteiger partial charge in [0.1, 0.15) is 9.84 Å². The Labute approximate surface area is 168 Å². The van der Waals surface area contributed by atoms with Gasteiger partial charge in [-0.25, -0.2) is 8.42 Å². The van der Waals surface area contributed by atoms with Crippen LogP contribution >= 0.6 is 0 Å². The van der Waals surface area contributed by atoms with E-state index in [9.17, 15) is 13.5 Å². The van der Waals surface area contributed by atoms with Crippen molar-refractivity contribution in [2.75, 3.05) is 18.1 Å². The highest BCUT2D eigenvalue weighted by molar-refractivity contribution is 7.91. The van der Waals surface area contributed by atoms with Crippen LogP contribution in [-0.4, -0.2) is 59.6 Å². The number of sulfone groups is 1. The maximum atomic E-state index is 11.8. The number of hydrogen-bond acceptors (Lipinski definition) is 4. The highest BCUT2D eigenvalue weighted by Crippen LogP contribution is 2.33. The molecule has 0 radical (unpaired) electrons. The summed E-state index contributed by atoms with van der Waals surface area (Å²) in [6.45, 7) is 2.80. The maximum absolute atomic E-state index is 11.8. The Bertz CT molecular complexity index is 921. The lowest BCUT2D eigenvalue weighted by Gasteiger charge is -2.32. The molecule has 2 fully saturated rings. The zero-order valence-corrected chi connectivity index (χ0v) is 17.5. The van der Waals surface area contributed by atoms with Crippen LogP contribution in [0.1, 0.15) is 50.2 Å². The molecule has 5 nitrogen and oxygen atoms in total. The van der Waals surface area contributed by atoms with Crippen molar-refractivity contribution >= 4 is 20.7 Å². The second-order valence-corrected chi connectivity index (χ2v) is 11.0. The number of likely N-dealkylation sites (tertiary alicyclic amines) is 1. The van der Waals surface area contributed by atoms with Gasteiger partial charge < -0.3 is 10.1 Å². The molecular formula is C22H32N2O3S. The van der Waals surface area contributed by atoms with Crippen molar-refractivity contribution in [3.05, 3.63) is 35.5 Å². The summed E-state index contributed by atoms with van der Waals surface area (Å²) in [5.41, 5.74) is 3.50. The SMILES string of the molecule is CCS(=O)(=O)CCc1ccc2[nH]cc(C[C@H]3CCCN3[C@H]3CCC[C@@H]3O)c2c1. The lowest BCUT2D eigenvalue weighted by molar-refractivity contribution is 0.0630. The fourth-order valence-electron chi connectivity index (χ4n) is 5.04. The molecule has 2 aromatic rings. The smallest absolute Gasteiger partial charge is 0.150 e. The molecule has 1 aliphatic heterocycles. The molecule has 1 saturated carbocycles. The predicted octanol–water partition coefficient (Wildman–Crippen LogP) is 3.07. The summed E-state index contributed by atoms with van der Waals surface area (Å²) in [5, 5.41) is 11.6. The molecule has 0 bridgehead atoms. The Kier molecular flexibility index (Phi) is 5.81. The van der Waals surface area contributed by atoms with Gasteiger partial charge >= 0.3 is 0 Å². The molecule has 6 heteroatoms. The van der Waals surface area contributed by atoms with Gasteiger partial charge in [-0.3, -0.25) is 4.90 Å². The quantitative estimate of drug-likeness (QED) is 0.744. The monoisotopic (exact) mass is 404 g/mol. The first-order valence-electron chi connectivity index (χ1n) is 10.7. The van der Waals surface area contributed by atoms with Gasteiger partial charge in [0.05, 0.1) is 11.9 Å². The molecule has 1 aromatic heterocycles. The second-order valence-electron chi connectivity index (χ2n) is 8.48. The van der Waals surface area contributed by atoms with Crippen LogP contribution in [-0.2, 0) is 22.7 Å². The van der Waals surface area contributed by atoms with Gasteiger partial charge in [-0.05, 0) is 74.8 Å². The van der Waals surface area contributed by atoms with Crippen LogP contribution in [0.4, 0.5) is 0 Å². The van der Waals surface area contributed by atoms with E-state index >= 15 is 0 Å². The summed E-state index contributed by atoms with van der Waals surface area (Å²) in [6.07, 6.45) is 9.06. The highest BCUT2D eigenvalue weighted by atomic mass is 32.2. The molecule has 28 heavy (non-hydrogen) atoms. The van der Waals surface area contributed by atoms with Crippen molar-refractivity contribution in [3.63, 3.8) is 0 Å². The number of aromatic nitrogens is 1. The van der Waals surface area contributed by atoms with E-state index in [0.717, 1.165) is 43.3 Å². The number of H-pyrrole nitrogens is 1. The van der Waals surface area contributed by atoms with E-state index in [1.807, 2.05) is 6.07 Å². The zero-order chi connectivity index (χ0) is 19.7. The fraction of sp³-hybridized carbons (Fsp3) is 0.636. The Morgan fingerprint density at radius 2 is 2.07 bits per heavy atom. The van der Waals surface area contributed by atoms with Crippen LogP contribution < -0.4 is 0 Å². The van der Waals surface area contributed by atoms with Gasteiger partial charge in [-0.2, -0.15) is 0 Å². The number of aryl methyl sites for hydroxylation is 1. The zero-order valence-electron chi connectivity index (χ0n) is 16.7. The summed E-state index contributed by atoms with van der Waals surface area (Å²) in [5.74, 6) is 0.417. The van der Waals surface area contributed by atoms with Crippen LogP contribution in [0.3, 0.4) is 0 Å². The maximum Gasteiger partial charge on any atom is 0.150 e. The van der Waals surface area contributed by atoms with Gasteiger partial charge in [0.25, 0.3) is 0 Å². The number of nitrogens with one attached hydrogen (secondary N) is 1. The van der Waals surface area contributed by atoms with E-state index in [2.05, 4.69) is 28.2 Å². The first-order chi connectivity index (χ1) is 13.5. The third-order valence-electron chi connectivity index (χ3n) is 6.72. The van der Waals surface area contributed by atoms with Crippen molar-refractivity contribution in [2.24, 2.45) is 0 Å². The molecule has 2 N–H and O–H groups in total. The predicted molar refractivity (Wildman–Crippen MR) is 113 cm³/mol. The van der Waals surface area contributed by atoms with Crippen LogP contribution in [0.15, 0.2) is 24.4 Å². The first kappa shape index (κ1) is 19.9. The molecular weight excluding hydrogens is 372 g/mol. The van der Waals surface area contributed by atoms with Crippen LogP contribution in [0, 0.1) is 0 Å². The van der Waals surface area contributed by atoms with Gasteiger partial charge in [-0.15, -0.1) is 0 Å². The fourth-order valence-corrected chi connectivity index (χ4v) is 5.88. The molecule has 1 aromatic carbocycles. The molecule has 3 atom stereocenters. The number of fused-ring (bicyclic) bond motifs is 1. The second kappa shape index (κ2) is 8.17. The average Bonchev–Trinajstić information content (AvgIpc) is 3.41. The van der Waals surface area contributed by atoms with Gasteiger partial charge in [0, 0.05) is 34.9 Å². The van der Waals surface area contributed by atoms with E-state index in [1.165, 1.54) is 23.8 Å². The number of aliphatic hydroxyl groups excluding tert-OH is 1. The standard InChI is InChI=1S/C22H32N2O3S/c1-2-28(26,27)12-10-16-8-9-20-19(13-16)17(15-23-20)14-18-5-4-11-24(18)21-6-3-7-22(21)25/h8-9,13,15,18,21-23,25H,2-7,10-12,14H2,1H3/t18-,21+,22+/m1/s1. The number of rotatable bonds is 7. The molecule has 4 rings (SSSR count). The molecule has 1 saturated heterocycles. The van der Waals surface area contributed by atoms with Crippen molar-refractivity contribution in [2.45, 2.75) is 70.1 Å². The van der Waals surface area contributed by atoms with Crippen LogP contribution in [0.25, 0.3) is 10.9 Å². The molecule has 154 valence electrons. The largest absolute Gasteiger partial charge is 0.391 e. The summed E-state index contributed by atoms with van der Waals surface area (Å²) in [4.78, 5) is 5.93. The number of aliphatic hydroxyl groups is 1. The van der Waals surface area contributed by atoms with Crippen LogP contribution in [0.5, 0.6) is 0 Å². The molecule has 1 aliphatic carbocycles. The lowest BCUT2D eigenvalue weighted by Crippen LogP contribution is -2.44. The molecule has 0 spiro atoms. The first-order valence-corrected chi connectivity index (χ1v) is 12.5. The van der Waals surface area contributed by atoms with E-state index in [1.54, 1.807) is 6.92 Å². The number of benzene rings is 1. The van der Waals surface area contributed by atoms with Gasteiger partial charge in [-0.1, -0.05) is 13.0 Å². The minimum atomic E-state index is -2.95. The minimum absolute atomic E-state index is 0.171. The molecule has 2 heterocycles. The summed E-state index contributed by atoms with van der Waals surface area (Å²) in [7, 11) is -2.95. The third-order valence-corrected chi connectivity index (χ3v) is 8.43. The van der Waals surface area contributed by atoms with E-state index in [-0.39, 0.29) is 17.6 Å². The Morgan fingerprint density at radius 3 is 2.82 bits per heavy atom. The molecule has 2 aliphatic rings. The van der Waals surface area contributed by atoms with E-state index in [4.69, 9.17) is 0 Å². The third kappa shape index (κ3) is 4.14. The summed E-state index contributed by atoms with van der Waals surface area (Å²) in [6, 6.07) is 7.08. The average molecular weight is 405 g/mol. The van der Waals surface area contributed by atoms with Gasteiger partial charge in [0.2, 0.25) is 0 Å². The Balaban J connectivity index is 1.51. The van der Waals surface area contributed by atoms with Crippen molar-refractivity contribution in [1.29, 1.82) is 0 Å².